The lowest BCUT2D eigenvalue weighted by molar-refractivity contribution is 0.425. The number of halogens is 4. The Morgan fingerprint density at radius 2 is 1.70 bits per heavy atom. The molecule has 0 bridgehead atoms. The summed E-state index contributed by atoms with van der Waals surface area (Å²) in [6, 6.07) is 19.2. The van der Waals surface area contributed by atoms with Crippen LogP contribution in [0.3, 0.4) is 0 Å². The summed E-state index contributed by atoms with van der Waals surface area (Å²) >= 11 is 12.4. The summed E-state index contributed by atoms with van der Waals surface area (Å²) in [4.78, 5) is 5.00. The van der Waals surface area contributed by atoms with E-state index in [0.29, 0.717) is 29.3 Å². The Balaban J connectivity index is 1.53. The highest BCUT2D eigenvalue weighted by atomic mass is 35.5. The maximum Gasteiger partial charge on any atom is 0.316 e. The second-order valence-corrected chi connectivity index (χ2v) is 10.6. The summed E-state index contributed by atoms with van der Waals surface area (Å²) in [5.74, 6) is -0.290. The van der Waals surface area contributed by atoms with Crippen LogP contribution in [0.15, 0.2) is 71.1 Å². The van der Waals surface area contributed by atoms with E-state index in [2.05, 4.69) is 15.5 Å². The molecule has 10 heteroatoms. The third kappa shape index (κ3) is 5.21. The topological polar surface area (TPSA) is 68.8 Å². The molecule has 0 saturated heterocycles. The molecule has 1 saturated carbocycles. The molecular weight excluding hydrogens is 555 g/mol. The molecule has 0 radical (unpaired) electrons. The molecule has 0 atom stereocenters. The van der Waals surface area contributed by atoms with Crippen LogP contribution < -0.4 is 5.32 Å². The number of rotatable bonds is 7. The van der Waals surface area contributed by atoms with E-state index in [0.717, 1.165) is 37.7 Å². The van der Waals surface area contributed by atoms with E-state index in [-0.39, 0.29) is 33.6 Å². The average Bonchev–Trinajstić information content (AvgIpc) is 3.61. The smallest absolute Gasteiger partial charge is 0.316 e. The standard InChI is InChI=1S/C30H25Cl2F2N5O/c31-21-12-7-13-24(25(21)34)39-27(20-14-15-23(33)22(32)16-20)26(36-28(39)19-10-5-2-6-11-19)29-37-38-30(40-29)35-17-18-8-3-1-4-9-18/h1,3-4,7-9,12-16,19H,2,5-6,10-11,17H2,(H,35,38). The summed E-state index contributed by atoms with van der Waals surface area (Å²) < 4.78 is 37.6. The maximum absolute atomic E-state index is 15.6. The molecule has 2 aromatic heterocycles. The number of hydrogen-bond donors (Lipinski definition) is 1. The summed E-state index contributed by atoms with van der Waals surface area (Å²) in [5.41, 5.74) is 2.60. The second kappa shape index (κ2) is 11.4. The van der Waals surface area contributed by atoms with Crippen molar-refractivity contribution < 1.29 is 13.2 Å². The normalized spacial score (nSPS) is 14.0. The fourth-order valence-electron chi connectivity index (χ4n) is 5.20. The van der Waals surface area contributed by atoms with Crippen LogP contribution in [-0.4, -0.2) is 19.7 Å². The van der Waals surface area contributed by atoms with E-state index in [4.69, 9.17) is 32.6 Å². The molecule has 3 aromatic carbocycles. The first kappa shape index (κ1) is 26.5. The molecule has 6 rings (SSSR count). The zero-order chi connectivity index (χ0) is 27.6. The van der Waals surface area contributed by atoms with Gasteiger partial charge in [0.15, 0.2) is 11.5 Å². The number of nitrogens with one attached hydrogen (secondary N) is 1. The van der Waals surface area contributed by atoms with Gasteiger partial charge in [0, 0.05) is 18.0 Å². The third-order valence-electron chi connectivity index (χ3n) is 7.15. The lowest BCUT2D eigenvalue weighted by Crippen LogP contribution is -2.13. The average molecular weight is 580 g/mol. The number of benzene rings is 3. The largest absolute Gasteiger partial charge is 0.402 e. The summed E-state index contributed by atoms with van der Waals surface area (Å²) in [7, 11) is 0. The SMILES string of the molecule is Fc1ccc(-c2c(-c3nnc(NCc4ccccc4)o3)nc(C3CCCCC3)n2-c2cccc(Cl)c2F)cc1Cl. The van der Waals surface area contributed by atoms with Crippen LogP contribution in [0.25, 0.3) is 28.5 Å². The summed E-state index contributed by atoms with van der Waals surface area (Å²) in [5, 5.41) is 11.5. The fraction of sp³-hybridized carbons (Fsp3) is 0.233. The Kier molecular flexibility index (Phi) is 7.54. The quantitative estimate of drug-likeness (QED) is 0.208. The van der Waals surface area contributed by atoms with Gasteiger partial charge in [-0.05, 0) is 48.7 Å². The fourth-order valence-corrected chi connectivity index (χ4v) is 5.55. The molecule has 0 aliphatic heterocycles. The molecule has 6 nitrogen and oxygen atoms in total. The predicted octanol–water partition coefficient (Wildman–Crippen LogP) is 8.83. The monoisotopic (exact) mass is 579 g/mol. The third-order valence-corrected chi connectivity index (χ3v) is 7.73. The van der Waals surface area contributed by atoms with E-state index in [9.17, 15) is 4.39 Å². The second-order valence-electron chi connectivity index (χ2n) is 9.79. The van der Waals surface area contributed by atoms with Gasteiger partial charge in [-0.15, -0.1) is 5.10 Å². The molecule has 0 spiro atoms. The lowest BCUT2D eigenvalue weighted by Gasteiger charge is -2.23. The molecule has 0 amide bonds. The van der Waals surface area contributed by atoms with Gasteiger partial charge in [-0.25, -0.2) is 13.8 Å². The van der Waals surface area contributed by atoms with Gasteiger partial charge in [0.25, 0.3) is 5.89 Å². The Hall–Kier alpha value is -3.75. The minimum Gasteiger partial charge on any atom is -0.402 e. The molecule has 1 aliphatic rings. The van der Waals surface area contributed by atoms with Gasteiger partial charge >= 0.3 is 6.01 Å². The minimum absolute atomic E-state index is 0.0179. The number of imidazole rings is 1. The molecule has 1 fully saturated rings. The molecule has 0 unspecified atom stereocenters. The van der Waals surface area contributed by atoms with Crippen LogP contribution >= 0.6 is 23.2 Å². The van der Waals surface area contributed by atoms with Crippen molar-refractivity contribution in [2.24, 2.45) is 0 Å². The van der Waals surface area contributed by atoms with Crippen LogP contribution in [0, 0.1) is 11.6 Å². The lowest BCUT2D eigenvalue weighted by atomic mass is 9.88. The van der Waals surface area contributed by atoms with Crippen molar-refractivity contribution in [2.45, 2.75) is 44.6 Å². The van der Waals surface area contributed by atoms with Crippen LogP contribution in [0.4, 0.5) is 14.8 Å². The molecule has 1 aliphatic carbocycles. The first-order valence-corrected chi connectivity index (χ1v) is 13.9. The number of nitrogens with zero attached hydrogens (tertiary/aromatic N) is 4. The van der Waals surface area contributed by atoms with Gasteiger partial charge in [-0.1, -0.05) is 84.0 Å². The van der Waals surface area contributed by atoms with Crippen molar-refractivity contribution in [3.8, 4) is 28.5 Å². The van der Waals surface area contributed by atoms with Crippen LogP contribution in [-0.2, 0) is 6.54 Å². The van der Waals surface area contributed by atoms with Crippen molar-refractivity contribution in [2.75, 3.05) is 5.32 Å². The number of aromatic nitrogens is 4. The van der Waals surface area contributed by atoms with E-state index < -0.39 is 11.6 Å². The van der Waals surface area contributed by atoms with Gasteiger partial charge in [0.1, 0.15) is 11.6 Å². The van der Waals surface area contributed by atoms with E-state index in [1.165, 1.54) is 18.2 Å². The molecular formula is C30H25Cl2F2N5O. The first-order valence-electron chi connectivity index (χ1n) is 13.1. The number of hydrogen-bond acceptors (Lipinski definition) is 5. The Bertz CT molecular complexity index is 1650. The van der Waals surface area contributed by atoms with Crippen molar-refractivity contribution in [1.29, 1.82) is 0 Å². The van der Waals surface area contributed by atoms with Crippen LogP contribution in [0.1, 0.15) is 49.4 Å². The van der Waals surface area contributed by atoms with Crippen molar-refractivity contribution in [3.63, 3.8) is 0 Å². The molecule has 5 aromatic rings. The number of anilines is 1. The summed E-state index contributed by atoms with van der Waals surface area (Å²) in [6.07, 6.45) is 5.01. The van der Waals surface area contributed by atoms with E-state index >= 15 is 4.39 Å². The van der Waals surface area contributed by atoms with Crippen molar-refractivity contribution in [1.82, 2.24) is 19.7 Å². The highest BCUT2D eigenvalue weighted by molar-refractivity contribution is 6.31. The van der Waals surface area contributed by atoms with E-state index in [1.807, 2.05) is 30.3 Å². The minimum atomic E-state index is -0.588. The highest BCUT2D eigenvalue weighted by Gasteiger charge is 2.31. The van der Waals surface area contributed by atoms with E-state index in [1.54, 1.807) is 22.8 Å². The Morgan fingerprint density at radius 3 is 2.48 bits per heavy atom. The molecule has 2 heterocycles. The molecule has 40 heavy (non-hydrogen) atoms. The maximum atomic E-state index is 15.6. The van der Waals surface area contributed by atoms with Gasteiger partial charge in [-0.3, -0.25) is 4.57 Å². The predicted molar refractivity (Wildman–Crippen MR) is 152 cm³/mol. The van der Waals surface area contributed by atoms with Crippen LogP contribution in [0.2, 0.25) is 10.0 Å². The Morgan fingerprint density at radius 1 is 0.900 bits per heavy atom. The first-order chi connectivity index (χ1) is 19.5. The van der Waals surface area contributed by atoms with Gasteiger partial charge < -0.3 is 9.73 Å². The van der Waals surface area contributed by atoms with Crippen LogP contribution in [0.5, 0.6) is 0 Å². The zero-order valence-electron chi connectivity index (χ0n) is 21.4. The molecule has 1 N–H and O–H groups in total. The van der Waals surface area contributed by atoms with Crippen molar-refractivity contribution in [3.05, 3.63) is 99.8 Å². The van der Waals surface area contributed by atoms with Crippen molar-refractivity contribution >= 4 is 29.2 Å². The highest BCUT2D eigenvalue weighted by Crippen LogP contribution is 2.42. The zero-order valence-corrected chi connectivity index (χ0v) is 22.9. The van der Waals surface area contributed by atoms with Gasteiger partial charge in [0.05, 0.1) is 21.4 Å². The Labute approximate surface area is 240 Å². The van der Waals surface area contributed by atoms with Gasteiger partial charge in [0.2, 0.25) is 0 Å². The summed E-state index contributed by atoms with van der Waals surface area (Å²) in [6.45, 7) is 0.485. The van der Waals surface area contributed by atoms with Gasteiger partial charge in [-0.2, -0.15) is 0 Å². The molecule has 204 valence electrons.